The predicted octanol–water partition coefficient (Wildman–Crippen LogP) is 2.55. The number of benzene rings is 1. The smallest absolute Gasteiger partial charge is 0.252 e. The second-order valence-electron chi connectivity index (χ2n) is 3.74. The van der Waals surface area contributed by atoms with Crippen LogP contribution in [0.5, 0.6) is 0 Å². The summed E-state index contributed by atoms with van der Waals surface area (Å²) in [5, 5.41) is 2.84. The molecule has 0 radical (unpaired) electrons. The van der Waals surface area contributed by atoms with Gasteiger partial charge in [-0.15, -0.1) is 0 Å². The summed E-state index contributed by atoms with van der Waals surface area (Å²) >= 11 is 5.46. The van der Waals surface area contributed by atoms with E-state index < -0.39 is 10.8 Å². The van der Waals surface area contributed by atoms with Gasteiger partial charge in [-0.3, -0.25) is 9.00 Å². The van der Waals surface area contributed by atoms with Crippen molar-refractivity contribution in [3.05, 3.63) is 31.8 Å². The Balaban J connectivity index is 2.76. The van der Waals surface area contributed by atoms with Crippen LogP contribution in [-0.2, 0) is 10.8 Å². The summed E-state index contributed by atoms with van der Waals surface area (Å²) in [6, 6.07) is 5.46. The molecule has 17 heavy (non-hydrogen) atoms. The molecule has 0 saturated carbocycles. The van der Waals surface area contributed by atoms with Crippen LogP contribution in [-0.4, -0.2) is 28.2 Å². The Morgan fingerprint density at radius 1 is 1.59 bits per heavy atom. The highest BCUT2D eigenvalue weighted by Crippen LogP contribution is 2.18. The van der Waals surface area contributed by atoms with Gasteiger partial charge in [0.25, 0.3) is 5.91 Å². The third-order valence-electron chi connectivity index (χ3n) is 2.04. The standard InChI is InChI=1S/C11H13BrINO2S/c1-7(6-17(2)16)14-11(15)9-5-8(12)3-4-10(9)13/h3-5,7H,6H2,1-2H3,(H,14,15). The maximum absolute atomic E-state index is 12.0. The summed E-state index contributed by atoms with van der Waals surface area (Å²) < 4.78 is 12.8. The molecule has 3 nitrogen and oxygen atoms in total. The van der Waals surface area contributed by atoms with Crippen LogP contribution in [0, 0.1) is 3.57 Å². The summed E-state index contributed by atoms with van der Waals surface area (Å²) in [7, 11) is -0.904. The summed E-state index contributed by atoms with van der Waals surface area (Å²) in [5.74, 6) is 0.338. The Morgan fingerprint density at radius 2 is 2.24 bits per heavy atom. The molecule has 0 aromatic heterocycles. The van der Waals surface area contributed by atoms with E-state index in [1.807, 2.05) is 19.1 Å². The number of hydrogen-bond donors (Lipinski definition) is 1. The number of carbonyl (C=O) groups excluding carboxylic acids is 1. The highest BCUT2D eigenvalue weighted by Gasteiger charge is 2.13. The molecule has 1 aromatic rings. The van der Waals surface area contributed by atoms with Crippen LogP contribution >= 0.6 is 38.5 Å². The Hall–Kier alpha value is 0.0500. The molecule has 1 rings (SSSR count). The van der Waals surface area contributed by atoms with Crippen molar-refractivity contribution < 1.29 is 9.00 Å². The molecule has 0 saturated heterocycles. The van der Waals surface area contributed by atoms with Crippen molar-refractivity contribution >= 4 is 55.2 Å². The topological polar surface area (TPSA) is 46.2 Å². The van der Waals surface area contributed by atoms with E-state index in [1.54, 1.807) is 12.3 Å². The number of rotatable bonds is 4. The fourth-order valence-electron chi connectivity index (χ4n) is 1.37. The molecule has 0 aliphatic rings. The predicted molar refractivity (Wildman–Crippen MR) is 82.7 cm³/mol. The lowest BCUT2D eigenvalue weighted by Crippen LogP contribution is -2.36. The van der Waals surface area contributed by atoms with Gasteiger partial charge in [0.15, 0.2) is 0 Å². The molecular weight excluding hydrogens is 417 g/mol. The monoisotopic (exact) mass is 429 g/mol. The van der Waals surface area contributed by atoms with Crippen LogP contribution in [0.4, 0.5) is 0 Å². The Morgan fingerprint density at radius 3 is 2.82 bits per heavy atom. The van der Waals surface area contributed by atoms with Gasteiger partial charge in [0.2, 0.25) is 0 Å². The van der Waals surface area contributed by atoms with Gasteiger partial charge in [-0.25, -0.2) is 0 Å². The van der Waals surface area contributed by atoms with Crippen LogP contribution < -0.4 is 5.32 Å². The SMILES string of the molecule is CC(CS(C)=O)NC(=O)c1cc(Br)ccc1I. The maximum Gasteiger partial charge on any atom is 0.252 e. The number of hydrogen-bond acceptors (Lipinski definition) is 2. The van der Waals surface area contributed by atoms with Crippen LogP contribution in [0.15, 0.2) is 22.7 Å². The molecule has 1 N–H and O–H groups in total. The molecule has 0 aliphatic heterocycles. The minimum absolute atomic E-state index is 0.0943. The lowest BCUT2D eigenvalue weighted by molar-refractivity contribution is 0.0942. The molecule has 1 aromatic carbocycles. The first-order chi connectivity index (χ1) is 7.90. The molecule has 0 heterocycles. The molecular formula is C11H13BrINO2S. The van der Waals surface area contributed by atoms with Gasteiger partial charge < -0.3 is 5.32 Å². The third kappa shape index (κ3) is 5.05. The van der Waals surface area contributed by atoms with E-state index in [0.717, 1.165) is 8.04 Å². The second-order valence-corrected chi connectivity index (χ2v) is 7.30. The molecule has 1 amide bonds. The summed E-state index contributed by atoms with van der Waals surface area (Å²) in [4.78, 5) is 12.0. The summed E-state index contributed by atoms with van der Waals surface area (Å²) in [6.45, 7) is 1.85. The first-order valence-electron chi connectivity index (χ1n) is 4.96. The van der Waals surface area contributed by atoms with Crippen molar-refractivity contribution in [2.75, 3.05) is 12.0 Å². The molecule has 94 valence electrons. The van der Waals surface area contributed by atoms with Crippen LogP contribution in [0.3, 0.4) is 0 Å². The molecule has 0 spiro atoms. The number of halogens is 2. The van der Waals surface area contributed by atoms with E-state index in [-0.39, 0.29) is 11.9 Å². The van der Waals surface area contributed by atoms with Crippen molar-refractivity contribution in [1.29, 1.82) is 0 Å². The fourth-order valence-corrected chi connectivity index (χ4v) is 3.10. The molecule has 0 aliphatic carbocycles. The van der Waals surface area contributed by atoms with E-state index in [4.69, 9.17) is 0 Å². The number of nitrogens with one attached hydrogen (secondary N) is 1. The van der Waals surface area contributed by atoms with Gasteiger partial charge in [0.1, 0.15) is 0 Å². The molecule has 0 bridgehead atoms. The van der Waals surface area contributed by atoms with Crippen molar-refractivity contribution in [2.45, 2.75) is 13.0 Å². The van der Waals surface area contributed by atoms with Crippen molar-refractivity contribution in [3.8, 4) is 0 Å². The van der Waals surface area contributed by atoms with Crippen LogP contribution in [0.2, 0.25) is 0 Å². The largest absolute Gasteiger partial charge is 0.349 e. The fraction of sp³-hybridized carbons (Fsp3) is 0.364. The lowest BCUT2D eigenvalue weighted by atomic mass is 10.2. The van der Waals surface area contributed by atoms with Gasteiger partial charge in [0, 0.05) is 36.9 Å². The number of amides is 1. The number of carbonyl (C=O) groups is 1. The van der Waals surface area contributed by atoms with Crippen molar-refractivity contribution in [1.82, 2.24) is 5.32 Å². The molecule has 2 unspecified atom stereocenters. The average molecular weight is 430 g/mol. The van der Waals surface area contributed by atoms with E-state index in [0.29, 0.717) is 11.3 Å². The summed E-state index contributed by atoms with van der Waals surface area (Å²) in [5.41, 5.74) is 0.633. The van der Waals surface area contributed by atoms with Gasteiger partial charge in [0.05, 0.1) is 5.56 Å². The van der Waals surface area contributed by atoms with Gasteiger partial charge in [-0.2, -0.15) is 0 Å². The molecule has 2 atom stereocenters. The quantitative estimate of drug-likeness (QED) is 0.747. The normalized spacial score (nSPS) is 14.1. The molecule has 0 fully saturated rings. The highest BCUT2D eigenvalue weighted by molar-refractivity contribution is 14.1. The van der Waals surface area contributed by atoms with Gasteiger partial charge in [-0.1, -0.05) is 15.9 Å². The first kappa shape index (κ1) is 15.1. The average Bonchev–Trinajstić information content (AvgIpc) is 2.20. The Bertz CT molecular complexity index is 453. The van der Waals surface area contributed by atoms with Gasteiger partial charge >= 0.3 is 0 Å². The van der Waals surface area contributed by atoms with Gasteiger partial charge in [-0.05, 0) is 47.7 Å². The zero-order valence-corrected chi connectivity index (χ0v) is 14.1. The van der Waals surface area contributed by atoms with E-state index >= 15 is 0 Å². The van der Waals surface area contributed by atoms with Crippen LogP contribution in [0.25, 0.3) is 0 Å². The van der Waals surface area contributed by atoms with Crippen molar-refractivity contribution in [2.24, 2.45) is 0 Å². The minimum atomic E-state index is -0.904. The maximum atomic E-state index is 12.0. The van der Waals surface area contributed by atoms with E-state index in [1.165, 1.54) is 0 Å². The first-order valence-corrected chi connectivity index (χ1v) is 8.56. The second kappa shape index (κ2) is 6.84. The molecule has 6 heteroatoms. The Kier molecular flexibility index (Phi) is 6.08. The highest BCUT2D eigenvalue weighted by atomic mass is 127. The van der Waals surface area contributed by atoms with Crippen molar-refractivity contribution in [3.63, 3.8) is 0 Å². The van der Waals surface area contributed by atoms with E-state index in [9.17, 15) is 9.00 Å². The van der Waals surface area contributed by atoms with Crippen LogP contribution in [0.1, 0.15) is 17.3 Å². The third-order valence-corrected chi connectivity index (χ3v) is 4.44. The minimum Gasteiger partial charge on any atom is -0.349 e. The Labute approximate surface area is 125 Å². The van der Waals surface area contributed by atoms with E-state index in [2.05, 4.69) is 43.8 Å². The lowest BCUT2D eigenvalue weighted by Gasteiger charge is -2.13. The zero-order valence-electron chi connectivity index (χ0n) is 9.50. The summed E-state index contributed by atoms with van der Waals surface area (Å²) in [6.07, 6.45) is 1.63. The zero-order chi connectivity index (χ0) is 13.0.